The number of aromatic nitrogens is 1. The van der Waals surface area contributed by atoms with E-state index in [-0.39, 0.29) is 11.8 Å². The number of hydrogen-bond acceptors (Lipinski definition) is 4. The second-order valence-electron chi connectivity index (χ2n) is 4.86. The van der Waals surface area contributed by atoms with Gasteiger partial charge in [0, 0.05) is 24.6 Å². The first-order valence-electron chi connectivity index (χ1n) is 6.81. The summed E-state index contributed by atoms with van der Waals surface area (Å²) in [6.07, 6.45) is 4.80. The molecule has 1 aliphatic heterocycles. The van der Waals surface area contributed by atoms with Crippen LogP contribution < -0.4 is 5.32 Å². The third-order valence-electron chi connectivity index (χ3n) is 3.50. The number of thiophene rings is 1. The number of hydrogen-bond donors (Lipinski definition) is 1. The predicted octanol–water partition coefficient (Wildman–Crippen LogP) is 2.39. The van der Waals surface area contributed by atoms with Gasteiger partial charge >= 0.3 is 0 Å². The van der Waals surface area contributed by atoms with E-state index >= 15 is 0 Å². The molecule has 0 radical (unpaired) electrons. The summed E-state index contributed by atoms with van der Waals surface area (Å²) in [6.45, 7) is 0.630. The van der Waals surface area contributed by atoms with Crippen LogP contribution in [0.25, 0.3) is 0 Å². The Morgan fingerprint density at radius 1 is 1.29 bits per heavy atom. The predicted molar refractivity (Wildman–Crippen MR) is 81.2 cm³/mol. The number of pyridine rings is 1. The Kier molecular flexibility index (Phi) is 3.96. The molecule has 0 spiro atoms. The number of nitrogens with zero attached hydrogens (tertiary/aromatic N) is 2. The van der Waals surface area contributed by atoms with Crippen LogP contribution >= 0.6 is 11.3 Å². The molecule has 0 saturated carbocycles. The van der Waals surface area contributed by atoms with Crippen molar-refractivity contribution in [3.05, 3.63) is 46.9 Å². The van der Waals surface area contributed by atoms with E-state index in [2.05, 4.69) is 10.3 Å². The fourth-order valence-electron chi connectivity index (χ4n) is 2.48. The van der Waals surface area contributed by atoms with Gasteiger partial charge in [-0.25, -0.2) is 0 Å². The molecule has 3 heterocycles. The van der Waals surface area contributed by atoms with Crippen LogP contribution in [-0.2, 0) is 4.79 Å². The average molecular weight is 301 g/mol. The summed E-state index contributed by atoms with van der Waals surface area (Å²) < 4.78 is 0. The molecule has 6 heteroatoms. The van der Waals surface area contributed by atoms with Crippen LogP contribution in [0.15, 0.2) is 42.0 Å². The number of rotatable bonds is 3. The lowest BCUT2D eigenvalue weighted by atomic mass is 10.2. The average Bonchev–Trinajstić information content (AvgIpc) is 3.19. The topological polar surface area (TPSA) is 62.3 Å². The van der Waals surface area contributed by atoms with Crippen molar-refractivity contribution in [2.75, 3.05) is 11.9 Å². The molecule has 3 rings (SSSR count). The van der Waals surface area contributed by atoms with Gasteiger partial charge in [-0.3, -0.25) is 14.6 Å². The van der Waals surface area contributed by atoms with Gasteiger partial charge in [0.2, 0.25) is 5.91 Å². The number of nitrogens with one attached hydrogen (secondary N) is 1. The van der Waals surface area contributed by atoms with Crippen LogP contribution in [0.2, 0.25) is 0 Å². The maximum absolute atomic E-state index is 12.4. The third kappa shape index (κ3) is 2.95. The van der Waals surface area contributed by atoms with Gasteiger partial charge in [-0.2, -0.15) is 0 Å². The molecule has 0 bridgehead atoms. The molecule has 108 valence electrons. The van der Waals surface area contributed by atoms with Crippen molar-refractivity contribution in [3.63, 3.8) is 0 Å². The van der Waals surface area contributed by atoms with Crippen molar-refractivity contribution in [3.8, 4) is 0 Å². The number of carbonyl (C=O) groups is 2. The Morgan fingerprint density at radius 2 is 2.10 bits per heavy atom. The first kappa shape index (κ1) is 13.8. The van der Waals surface area contributed by atoms with E-state index in [0.717, 1.165) is 6.42 Å². The molecule has 2 aromatic heterocycles. The summed E-state index contributed by atoms with van der Waals surface area (Å²) in [7, 11) is 0. The molecule has 1 atom stereocenters. The first-order chi connectivity index (χ1) is 10.3. The van der Waals surface area contributed by atoms with Gasteiger partial charge in [0.05, 0.1) is 4.88 Å². The van der Waals surface area contributed by atoms with Gasteiger partial charge < -0.3 is 10.2 Å². The lowest BCUT2D eigenvalue weighted by Crippen LogP contribution is -2.42. The van der Waals surface area contributed by atoms with Crippen LogP contribution in [-0.4, -0.2) is 34.3 Å². The zero-order valence-corrected chi connectivity index (χ0v) is 12.2. The largest absolute Gasteiger partial charge is 0.326 e. The SMILES string of the molecule is O=C(Nc1ccncc1)[C@@H]1CCCN1C(=O)c1cccs1. The minimum Gasteiger partial charge on any atom is -0.326 e. The van der Waals surface area contributed by atoms with E-state index in [1.807, 2.05) is 11.4 Å². The Bertz CT molecular complexity index is 628. The Labute approximate surface area is 126 Å². The molecule has 21 heavy (non-hydrogen) atoms. The summed E-state index contributed by atoms with van der Waals surface area (Å²) >= 11 is 1.40. The van der Waals surface area contributed by atoms with Gasteiger partial charge in [-0.15, -0.1) is 11.3 Å². The number of amides is 2. The van der Waals surface area contributed by atoms with E-state index in [1.54, 1.807) is 35.5 Å². The summed E-state index contributed by atoms with van der Waals surface area (Å²) in [5, 5.41) is 4.71. The molecular weight excluding hydrogens is 286 g/mol. The van der Waals surface area contributed by atoms with Crippen molar-refractivity contribution >= 4 is 28.8 Å². The highest BCUT2D eigenvalue weighted by Gasteiger charge is 2.34. The molecular formula is C15H15N3O2S. The normalized spacial score (nSPS) is 17.7. The molecule has 0 unspecified atom stereocenters. The van der Waals surface area contributed by atoms with Crippen molar-refractivity contribution in [1.82, 2.24) is 9.88 Å². The second kappa shape index (κ2) is 6.05. The van der Waals surface area contributed by atoms with E-state index in [9.17, 15) is 9.59 Å². The Balaban J connectivity index is 1.72. The van der Waals surface area contributed by atoms with E-state index < -0.39 is 6.04 Å². The standard InChI is InChI=1S/C15H15N3O2S/c19-14(17-11-5-7-16-8-6-11)12-3-1-9-18(12)15(20)13-4-2-10-21-13/h2,4-8,10,12H,1,3,9H2,(H,16,17,19)/t12-/m0/s1. The molecule has 1 N–H and O–H groups in total. The van der Waals surface area contributed by atoms with Crippen LogP contribution in [0.4, 0.5) is 5.69 Å². The molecule has 0 aliphatic carbocycles. The summed E-state index contributed by atoms with van der Waals surface area (Å²) in [5.41, 5.74) is 0.699. The number of anilines is 1. The molecule has 1 saturated heterocycles. The van der Waals surface area contributed by atoms with Crippen LogP contribution in [0.1, 0.15) is 22.5 Å². The molecule has 2 amide bonds. The fraction of sp³-hybridized carbons (Fsp3) is 0.267. The highest BCUT2D eigenvalue weighted by Crippen LogP contribution is 2.23. The van der Waals surface area contributed by atoms with Crippen LogP contribution in [0.3, 0.4) is 0 Å². The van der Waals surface area contributed by atoms with Crippen molar-refractivity contribution in [2.45, 2.75) is 18.9 Å². The highest BCUT2D eigenvalue weighted by atomic mass is 32.1. The van der Waals surface area contributed by atoms with E-state index in [0.29, 0.717) is 23.5 Å². The van der Waals surface area contributed by atoms with E-state index in [4.69, 9.17) is 0 Å². The van der Waals surface area contributed by atoms with Gasteiger partial charge in [-0.1, -0.05) is 6.07 Å². The maximum Gasteiger partial charge on any atom is 0.264 e. The van der Waals surface area contributed by atoms with Gasteiger partial charge in [0.25, 0.3) is 5.91 Å². The van der Waals surface area contributed by atoms with Crippen molar-refractivity contribution in [1.29, 1.82) is 0 Å². The summed E-state index contributed by atoms with van der Waals surface area (Å²) in [5.74, 6) is -0.194. The van der Waals surface area contributed by atoms with Crippen molar-refractivity contribution < 1.29 is 9.59 Å². The zero-order chi connectivity index (χ0) is 14.7. The molecule has 1 fully saturated rings. The number of likely N-dealkylation sites (tertiary alicyclic amines) is 1. The minimum absolute atomic E-state index is 0.0580. The monoisotopic (exact) mass is 301 g/mol. The number of carbonyl (C=O) groups excluding carboxylic acids is 2. The smallest absolute Gasteiger partial charge is 0.264 e. The zero-order valence-electron chi connectivity index (χ0n) is 11.4. The Morgan fingerprint density at radius 3 is 2.81 bits per heavy atom. The molecule has 5 nitrogen and oxygen atoms in total. The van der Waals surface area contributed by atoms with Crippen LogP contribution in [0.5, 0.6) is 0 Å². The summed E-state index contributed by atoms with van der Waals surface area (Å²) in [6, 6.07) is 6.72. The van der Waals surface area contributed by atoms with Crippen molar-refractivity contribution in [2.24, 2.45) is 0 Å². The summed E-state index contributed by atoms with van der Waals surface area (Å²) in [4.78, 5) is 31.1. The molecule has 2 aromatic rings. The second-order valence-corrected chi connectivity index (χ2v) is 5.81. The maximum atomic E-state index is 12.4. The lowest BCUT2D eigenvalue weighted by molar-refractivity contribution is -0.119. The highest BCUT2D eigenvalue weighted by molar-refractivity contribution is 7.12. The lowest BCUT2D eigenvalue weighted by Gasteiger charge is -2.23. The molecule has 1 aliphatic rings. The quantitative estimate of drug-likeness (QED) is 0.947. The van der Waals surface area contributed by atoms with Gasteiger partial charge in [0.15, 0.2) is 0 Å². The minimum atomic E-state index is -0.396. The van der Waals surface area contributed by atoms with Gasteiger partial charge in [-0.05, 0) is 36.4 Å². The molecule has 0 aromatic carbocycles. The van der Waals surface area contributed by atoms with Gasteiger partial charge in [0.1, 0.15) is 6.04 Å². The third-order valence-corrected chi connectivity index (χ3v) is 4.35. The van der Waals surface area contributed by atoms with Crippen LogP contribution in [0, 0.1) is 0 Å². The van der Waals surface area contributed by atoms with E-state index in [1.165, 1.54) is 11.3 Å². The Hall–Kier alpha value is -2.21. The fourth-order valence-corrected chi connectivity index (χ4v) is 3.16. The first-order valence-corrected chi connectivity index (χ1v) is 7.69.